The van der Waals surface area contributed by atoms with Gasteiger partial charge in [-0.25, -0.2) is 13.1 Å². The van der Waals surface area contributed by atoms with E-state index in [4.69, 9.17) is 0 Å². The first kappa shape index (κ1) is 18.6. The summed E-state index contributed by atoms with van der Waals surface area (Å²) in [6.07, 6.45) is 0. The average Bonchev–Trinajstić information content (AvgIpc) is 2.37. The normalized spacial score (nSPS) is 14.3. The molecule has 1 atom stereocenters. The summed E-state index contributed by atoms with van der Waals surface area (Å²) in [5.74, 6) is -1.48. The minimum absolute atomic E-state index is 0.0296. The van der Waals surface area contributed by atoms with E-state index in [1.54, 1.807) is 26.0 Å². The molecule has 0 heterocycles. The van der Waals surface area contributed by atoms with Gasteiger partial charge < -0.3 is 5.32 Å². The Labute approximate surface area is 138 Å². The molecule has 8 heteroatoms. The molecule has 0 bridgehead atoms. The Balaban J connectivity index is 3.07. The molecule has 1 rings (SSSR count). The first-order valence-corrected chi connectivity index (χ1v) is 8.88. The van der Waals surface area contributed by atoms with Crippen molar-refractivity contribution < 1.29 is 18.0 Å². The molecule has 6 nitrogen and oxygen atoms in total. The average molecular weight is 391 g/mol. The van der Waals surface area contributed by atoms with Gasteiger partial charge in [-0.15, -0.1) is 0 Å². The number of halogens is 1. The second kappa shape index (κ2) is 6.78. The van der Waals surface area contributed by atoms with E-state index in [0.717, 1.165) is 4.47 Å². The van der Waals surface area contributed by atoms with Crippen molar-refractivity contribution in [3.05, 3.63) is 28.7 Å². The maximum atomic E-state index is 12.4. The van der Waals surface area contributed by atoms with Crippen LogP contribution in [0.4, 0.5) is 0 Å². The highest BCUT2D eigenvalue weighted by Crippen LogP contribution is 2.19. The van der Waals surface area contributed by atoms with Gasteiger partial charge in [0.15, 0.2) is 0 Å². The highest BCUT2D eigenvalue weighted by molar-refractivity contribution is 9.10. The number of rotatable bonds is 5. The van der Waals surface area contributed by atoms with Gasteiger partial charge in [0.2, 0.25) is 5.91 Å². The standard InChI is InChI=1S/C14H19BrN2O4S/c1-9(2)14(4,16-10(3)18)13(19)17-22(20,21)12-7-5-11(15)6-8-12/h5-9H,1-4H3,(H,16,18)(H,17,19). The van der Waals surface area contributed by atoms with Gasteiger partial charge in [0.05, 0.1) is 4.90 Å². The van der Waals surface area contributed by atoms with Crippen LogP contribution >= 0.6 is 15.9 Å². The Morgan fingerprint density at radius 2 is 1.68 bits per heavy atom. The summed E-state index contributed by atoms with van der Waals surface area (Å²) in [4.78, 5) is 23.6. The van der Waals surface area contributed by atoms with Crippen LogP contribution in [0.15, 0.2) is 33.6 Å². The van der Waals surface area contributed by atoms with Crippen molar-refractivity contribution in [1.82, 2.24) is 10.0 Å². The smallest absolute Gasteiger partial charge is 0.264 e. The molecule has 0 radical (unpaired) electrons. The topological polar surface area (TPSA) is 92.3 Å². The molecule has 2 amide bonds. The predicted octanol–water partition coefficient (Wildman–Crippen LogP) is 1.80. The number of nitrogens with one attached hydrogen (secondary N) is 2. The van der Waals surface area contributed by atoms with Gasteiger partial charge in [-0.05, 0) is 37.1 Å². The predicted molar refractivity (Wildman–Crippen MR) is 86.5 cm³/mol. The van der Waals surface area contributed by atoms with Crippen LogP contribution in [0.1, 0.15) is 27.7 Å². The van der Waals surface area contributed by atoms with Crippen LogP contribution in [0.3, 0.4) is 0 Å². The molecule has 2 N–H and O–H groups in total. The van der Waals surface area contributed by atoms with Crippen LogP contribution in [0.25, 0.3) is 0 Å². The molecule has 1 aromatic rings. The van der Waals surface area contributed by atoms with Crippen molar-refractivity contribution in [2.45, 2.75) is 38.1 Å². The van der Waals surface area contributed by atoms with E-state index in [1.165, 1.54) is 26.0 Å². The molecule has 0 saturated heterocycles. The van der Waals surface area contributed by atoms with Crippen molar-refractivity contribution >= 4 is 37.8 Å². The monoisotopic (exact) mass is 390 g/mol. The van der Waals surface area contributed by atoms with E-state index in [0.29, 0.717) is 0 Å². The molecule has 122 valence electrons. The summed E-state index contributed by atoms with van der Waals surface area (Å²) >= 11 is 3.21. The van der Waals surface area contributed by atoms with Gasteiger partial charge in [-0.3, -0.25) is 9.59 Å². The molecule has 0 saturated carbocycles. The molecule has 0 aromatic heterocycles. The van der Waals surface area contributed by atoms with E-state index >= 15 is 0 Å². The van der Waals surface area contributed by atoms with Crippen molar-refractivity contribution in [3.63, 3.8) is 0 Å². The fourth-order valence-corrected chi connectivity index (χ4v) is 3.06. The molecule has 1 unspecified atom stereocenters. The van der Waals surface area contributed by atoms with Crippen molar-refractivity contribution in [2.75, 3.05) is 0 Å². The lowest BCUT2D eigenvalue weighted by Crippen LogP contribution is -2.60. The van der Waals surface area contributed by atoms with Crippen LogP contribution < -0.4 is 10.0 Å². The number of carbonyl (C=O) groups is 2. The van der Waals surface area contributed by atoms with Crippen LogP contribution in [0, 0.1) is 5.92 Å². The zero-order valence-corrected chi connectivity index (χ0v) is 15.2. The zero-order valence-electron chi connectivity index (χ0n) is 12.8. The lowest BCUT2D eigenvalue weighted by atomic mass is 9.87. The minimum Gasteiger partial charge on any atom is -0.342 e. The van der Waals surface area contributed by atoms with E-state index in [2.05, 4.69) is 21.2 Å². The summed E-state index contributed by atoms with van der Waals surface area (Å²) in [6, 6.07) is 5.89. The minimum atomic E-state index is -4.00. The molecular weight excluding hydrogens is 372 g/mol. The SMILES string of the molecule is CC(=O)NC(C)(C(=O)NS(=O)(=O)c1ccc(Br)cc1)C(C)C. The maximum Gasteiger partial charge on any atom is 0.264 e. The van der Waals surface area contributed by atoms with Crippen molar-refractivity contribution in [2.24, 2.45) is 5.92 Å². The van der Waals surface area contributed by atoms with Gasteiger partial charge in [0.25, 0.3) is 15.9 Å². The number of benzene rings is 1. The van der Waals surface area contributed by atoms with Gasteiger partial charge in [0.1, 0.15) is 5.54 Å². The van der Waals surface area contributed by atoms with Gasteiger partial charge in [-0.1, -0.05) is 29.8 Å². The Morgan fingerprint density at radius 1 is 1.18 bits per heavy atom. The quantitative estimate of drug-likeness (QED) is 0.801. The third kappa shape index (κ3) is 4.30. The summed E-state index contributed by atoms with van der Waals surface area (Å²) in [6.45, 7) is 6.21. The highest BCUT2D eigenvalue weighted by Gasteiger charge is 2.39. The summed E-state index contributed by atoms with van der Waals surface area (Å²) in [7, 11) is -4.00. The molecule has 0 fully saturated rings. The summed E-state index contributed by atoms with van der Waals surface area (Å²) in [5, 5.41) is 2.52. The van der Waals surface area contributed by atoms with Crippen molar-refractivity contribution in [1.29, 1.82) is 0 Å². The number of hydrogen-bond donors (Lipinski definition) is 2. The molecule has 0 aliphatic carbocycles. The van der Waals surface area contributed by atoms with E-state index < -0.39 is 27.4 Å². The third-order valence-electron chi connectivity index (χ3n) is 3.41. The third-order valence-corrected chi connectivity index (χ3v) is 5.29. The Morgan fingerprint density at radius 3 is 2.09 bits per heavy atom. The Bertz CT molecular complexity index is 671. The van der Waals surface area contributed by atoms with Crippen LogP contribution in [0.2, 0.25) is 0 Å². The summed E-state index contributed by atoms with van der Waals surface area (Å²) < 4.78 is 27.2. The summed E-state index contributed by atoms with van der Waals surface area (Å²) in [5.41, 5.74) is -1.33. The lowest BCUT2D eigenvalue weighted by molar-refractivity contribution is -0.132. The number of amides is 2. The zero-order chi connectivity index (χ0) is 17.1. The molecule has 0 aliphatic heterocycles. The van der Waals surface area contributed by atoms with E-state index in [1.807, 2.05) is 4.72 Å². The van der Waals surface area contributed by atoms with Gasteiger partial charge in [-0.2, -0.15) is 0 Å². The Kier molecular flexibility index (Phi) is 5.75. The second-order valence-electron chi connectivity index (χ2n) is 5.43. The molecule has 0 spiro atoms. The van der Waals surface area contributed by atoms with Gasteiger partial charge in [0, 0.05) is 11.4 Å². The number of carbonyl (C=O) groups excluding carboxylic acids is 2. The number of sulfonamides is 1. The number of hydrogen-bond acceptors (Lipinski definition) is 4. The highest BCUT2D eigenvalue weighted by atomic mass is 79.9. The van der Waals surface area contributed by atoms with E-state index in [-0.39, 0.29) is 10.8 Å². The maximum absolute atomic E-state index is 12.4. The lowest BCUT2D eigenvalue weighted by Gasteiger charge is -2.32. The first-order chi connectivity index (χ1) is 9.99. The van der Waals surface area contributed by atoms with Crippen LogP contribution in [0.5, 0.6) is 0 Å². The van der Waals surface area contributed by atoms with E-state index in [9.17, 15) is 18.0 Å². The largest absolute Gasteiger partial charge is 0.342 e. The molecule has 1 aromatic carbocycles. The fraction of sp³-hybridized carbons (Fsp3) is 0.429. The van der Waals surface area contributed by atoms with Crippen molar-refractivity contribution in [3.8, 4) is 0 Å². The fourth-order valence-electron chi connectivity index (χ4n) is 1.73. The molecular formula is C14H19BrN2O4S. The first-order valence-electron chi connectivity index (χ1n) is 6.60. The molecule has 0 aliphatic rings. The molecule has 22 heavy (non-hydrogen) atoms. The van der Waals surface area contributed by atoms with Crippen LogP contribution in [-0.4, -0.2) is 25.8 Å². The second-order valence-corrected chi connectivity index (χ2v) is 8.02. The van der Waals surface area contributed by atoms with Crippen LogP contribution in [-0.2, 0) is 19.6 Å². The Hall–Kier alpha value is -1.41. The van der Waals surface area contributed by atoms with Gasteiger partial charge >= 0.3 is 0 Å².